The van der Waals surface area contributed by atoms with Gasteiger partial charge in [-0.15, -0.1) is 0 Å². The van der Waals surface area contributed by atoms with Gasteiger partial charge in [0, 0.05) is 25.9 Å². The molecule has 20 heavy (non-hydrogen) atoms. The largest absolute Gasteiger partial charge is 0.377 e. The van der Waals surface area contributed by atoms with E-state index in [0.717, 1.165) is 31.6 Å². The number of hydrogen-bond donors (Lipinski definition) is 1. The lowest BCUT2D eigenvalue weighted by Gasteiger charge is -2.34. The van der Waals surface area contributed by atoms with Crippen molar-refractivity contribution in [3.63, 3.8) is 0 Å². The van der Waals surface area contributed by atoms with Gasteiger partial charge < -0.3 is 15.4 Å². The molecule has 0 bridgehead atoms. The Labute approximate surface area is 120 Å². The number of sulfone groups is 1. The predicted octanol–water partition coefficient (Wildman–Crippen LogP) is 1.03. The Morgan fingerprint density at radius 1 is 1.30 bits per heavy atom. The van der Waals surface area contributed by atoms with Crippen molar-refractivity contribution in [2.45, 2.75) is 23.8 Å². The number of benzene rings is 1. The standard InChI is InChI=1S/C14H22N2O3S/c1-20(17,18)14-5-3-2-4-13(14)16-9-6-12(7-10-16)19-11-8-15/h2-5,12H,6-11,15H2,1H3. The van der Waals surface area contributed by atoms with Crippen molar-refractivity contribution >= 4 is 15.5 Å². The number of rotatable bonds is 5. The SMILES string of the molecule is CS(=O)(=O)c1ccccc1N1CCC(OCCN)CC1. The maximum Gasteiger partial charge on any atom is 0.177 e. The molecule has 0 radical (unpaired) electrons. The summed E-state index contributed by atoms with van der Waals surface area (Å²) in [5, 5.41) is 0. The van der Waals surface area contributed by atoms with Crippen molar-refractivity contribution in [2.24, 2.45) is 5.73 Å². The highest BCUT2D eigenvalue weighted by Crippen LogP contribution is 2.28. The lowest BCUT2D eigenvalue weighted by molar-refractivity contribution is 0.0421. The molecule has 0 amide bonds. The van der Waals surface area contributed by atoms with Gasteiger partial charge in [0.1, 0.15) is 0 Å². The van der Waals surface area contributed by atoms with Crippen LogP contribution in [0, 0.1) is 0 Å². The summed E-state index contributed by atoms with van der Waals surface area (Å²) >= 11 is 0. The first-order valence-corrected chi connectivity index (χ1v) is 8.77. The Balaban J connectivity index is 2.08. The first-order chi connectivity index (χ1) is 9.52. The highest BCUT2D eigenvalue weighted by Gasteiger charge is 2.23. The summed E-state index contributed by atoms with van der Waals surface area (Å²) < 4.78 is 29.3. The Morgan fingerprint density at radius 3 is 2.55 bits per heavy atom. The van der Waals surface area contributed by atoms with Crippen molar-refractivity contribution in [3.05, 3.63) is 24.3 Å². The molecule has 6 heteroatoms. The maximum absolute atomic E-state index is 11.8. The molecule has 2 N–H and O–H groups in total. The van der Waals surface area contributed by atoms with Crippen molar-refractivity contribution in [1.82, 2.24) is 0 Å². The predicted molar refractivity (Wildman–Crippen MR) is 79.8 cm³/mol. The third kappa shape index (κ3) is 3.71. The summed E-state index contributed by atoms with van der Waals surface area (Å²) in [5.41, 5.74) is 6.23. The van der Waals surface area contributed by atoms with Gasteiger partial charge in [-0.2, -0.15) is 0 Å². The lowest BCUT2D eigenvalue weighted by atomic mass is 10.1. The Kier molecular flexibility index (Phi) is 5.01. The van der Waals surface area contributed by atoms with Crippen LogP contribution < -0.4 is 10.6 Å². The third-order valence-electron chi connectivity index (χ3n) is 3.52. The summed E-state index contributed by atoms with van der Waals surface area (Å²) in [4.78, 5) is 2.53. The first-order valence-electron chi connectivity index (χ1n) is 6.88. The van der Waals surface area contributed by atoms with Crippen molar-refractivity contribution in [2.75, 3.05) is 37.4 Å². The van der Waals surface area contributed by atoms with Crippen LogP contribution in [0.5, 0.6) is 0 Å². The normalized spacial score (nSPS) is 17.4. The highest BCUT2D eigenvalue weighted by atomic mass is 32.2. The fourth-order valence-electron chi connectivity index (χ4n) is 2.53. The minimum Gasteiger partial charge on any atom is -0.377 e. The van der Waals surface area contributed by atoms with Gasteiger partial charge in [-0.3, -0.25) is 0 Å². The minimum atomic E-state index is -3.20. The number of hydrogen-bond acceptors (Lipinski definition) is 5. The fourth-order valence-corrected chi connectivity index (χ4v) is 3.43. The van der Waals surface area contributed by atoms with E-state index in [1.165, 1.54) is 6.26 Å². The van der Waals surface area contributed by atoms with Crippen LogP contribution in [0.3, 0.4) is 0 Å². The second kappa shape index (κ2) is 6.56. The van der Waals surface area contributed by atoms with Crippen molar-refractivity contribution in [1.29, 1.82) is 0 Å². The monoisotopic (exact) mass is 298 g/mol. The third-order valence-corrected chi connectivity index (χ3v) is 4.66. The molecule has 1 aromatic carbocycles. The van der Waals surface area contributed by atoms with E-state index in [4.69, 9.17) is 10.5 Å². The van der Waals surface area contributed by atoms with Crippen LogP contribution in [0.1, 0.15) is 12.8 Å². The van der Waals surface area contributed by atoms with E-state index in [2.05, 4.69) is 4.90 Å². The van der Waals surface area contributed by atoms with E-state index in [1.807, 2.05) is 12.1 Å². The van der Waals surface area contributed by atoms with Gasteiger partial charge in [0.25, 0.3) is 0 Å². The second-order valence-corrected chi connectivity index (χ2v) is 7.07. The average molecular weight is 298 g/mol. The molecule has 1 aromatic rings. The lowest BCUT2D eigenvalue weighted by Crippen LogP contribution is -2.38. The molecule has 0 aromatic heterocycles. The minimum absolute atomic E-state index is 0.236. The van der Waals surface area contributed by atoms with E-state index >= 15 is 0 Å². The highest BCUT2D eigenvalue weighted by molar-refractivity contribution is 7.90. The summed E-state index contributed by atoms with van der Waals surface area (Å²) in [6.45, 7) is 2.74. The van der Waals surface area contributed by atoms with E-state index in [-0.39, 0.29) is 6.10 Å². The zero-order valence-corrected chi connectivity index (χ0v) is 12.6. The molecule has 2 rings (SSSR count). The van der Waals surface area contributed by atoms with Crippen molar-refractivity contribution < 1.29 is 13.2 Å². The van der Waals surface area contributed by atoms with Crippen LogP contribution in [0.2, 0.25) is 0 Å². The first kappa shape index (κ1) is 15.3. The Bertz CT molecular complexity index is 537. The van der Waals surface area contributed by atoms with Crippen LogP contribution >= 0.6 is 0 Å². The van der Waals surface area contributed by atoms with Gasteiger partial charge in [-0.1, -0.05) is 12.1 Å². The molecule has 1 heterocycles. The number of piperidine rings is 1. The molecule has 0 spiro atoms. The molecule has 0 unspecified atom stereocenters. The van der Waals surface area contributed by atoms with Crippen molar-refractivity contribution in [3.8, 4) is 0 Å². The fraction of sp³-hybridized carbons (Fsp3) is 0.571. The van der Waals surface area contributed by atoms with E-state index < -0.39 is 9.84 Å². The number of nitrogens with zero attached hydrogens (tertiary/aromatic N) is 1. The van der Waals surface area contributed by atoms with Gasteiger partial charge in [-0.05, 0) is 25.0 Å². The molecule has 1 fully saturated rings. The zero-order valence-electron chi connectivity index (χ0n) is 11.8. The molecule has 1 aliphatic rings. The summed E-state index contributed by atoms with van der Waals surface area (Å²) in [6, 6.07) is 7.18. The van der Waals surface area contributed by atoms with Crippen LogP contribution in [-0.4, -0.2) is 47.0 Å². The smallest absolute Gasteiger partial charge is 0.177 e. The molecular formula is C14H22N2O3S. The van der Waals surface area contributed by atoms with Crippen LogP contribution in [0.15, 0.2) is 29.2 Å². The molecule has 1 aliphatic heterocycles. The Morgan fingerprint density at radius 2 is 1.95 bits per heavy atom. The van der Waals surface area contributed by atoms with Gasteiger partial charge in [-0.25, -0.2) is 8.42 Å². The number of anilines is 1. The number of ether oxygens (including phenoxy) is 1. The van der Waals surface area contributed by atoms with Crippen LogP contribution in [0.25, 0.3) is 0 Å². The van der Waals surface area contributed by atoms with E-state index in [9.17, 15) is 8.42 Å². The summed E-state index contributed by atoms with van der Waals surface area (Å²) in [5.74, 6) is 0. The Hall–Kier alpha value is -1.11. The molecule has 0 aliphatic carbocycles. The number of para-hydroxylation sites is 1. The molecule has 1 saturated heterocycles. The van der Waals surface area contributed by atoms with Crippen LogP contribution in [-0.2, 0) is 14.6 Å². The van der Waals surface area contributed by atoms with E-state index in [1.54, 1.807) is 12.1 Å². The summed E-state index contributed by atoms with van der Waals surface area (Å²) in [6.07, 6.45) is 3.29. The number of nitrogens with two attached hydrogens (primary N) is 1. The zero-order chi connectivity index (χ0) is 14.6. The maximum atomic E-state index is 11.8. The van der Waals surface area contributed by atoms with Gasteiger partial charge in [0.05, 0.1) is 23.3 Å². The second-order valence-electron chi connectivity index (χ2n) is 5.09. The topological polar surface area (TPSA) is 72.6 Å². The molecule has 0 saturated carbocycles. The average Bonchev–Trinajstić information content (AvgIpc) is 2.45. The summed E-state index contributed by atoms with van der Waals surface area (Å²) in [7, 11) is -3.20. The molecular weight excluding hydrogens is 276 g/mol. The van der Waals surface area contributed by atoms with Gasteiger partial charge >= 0.3 is 0 Å². The van der Waals surface area contributed by atoms with Gasteiger partial charge in [0.2, 0.25) is 0 Å². The van der Waals surface area contributed by atoms with Crippen LogP contribution in [0.4, 0.5) is 5.69 Å². The van der Waals surface area contributed by atoms with E-state index in [0.29, 0.717) is 18.0 Å². The molecule has 5 nitrogen and oxygen atoms in total. The van der Waals surface area contributed by atoms with Gasteiger partial charge in [0.15, 0.2) is 9.84 Å². The quantitative estimate of drug-likeness (QED) is 0.879. The molecule has 0 atom stereocenters. The molecule has 112 valence electrons.